The number of fused-ring (bicyclic) bond motifs is 2. The maximum absolute atomic E-state index is 12.5. The fourth-order valence-electron chi connectivity index (χ4n) is 3.50. The van der Waals surface area contributed by atoms with Gasteiger partial charge in [0.1, 0.15) is 11.5 Å². The van der Waals surface area contributed by atoms with E-state index in [4.69, 9.17) is 14.2 Å². The van der Waals surface area contributed by atoms with Crippen LogP contribution in [0.15, 0.2) is 48.5 Å². The van der Waals surface area contributed by atoms with Crippen LogP contribution in [0.4, 0.5) is 9.59 Å². The number of carbonyl (C=O) groups is 2. The van der Waals surface area contributed by atoms with Crippen molar-refractivity contribution >= 4 is 12.2 Å². The number of nitrogens with zero attached hydrogens (tertiary/aromatic N) is 2. The normalized spacial score (nSPS) is 14.6. The van der Waals surface area contributed by atoms with E-state index in [-0.39, 0.29) is 12.2 Å². The monoisotopic (exact) mass is 426 g/mol. The average Bonchev–Trinajstić information content (AvgIpc) is 2.78. The molecular formula is C24H30N2O5. The number of ether oxygens (including phenoxy) is 3. The van der Waals surface area contributed by atoms with Gasteiger partial charge in [-0.25, -0.2) is 9.59 Å². The van der Waals surface area contributed by atoms with Crippen molar-refractivity contribution in [1.29, 1.82) is 0 Å². The van der Waals surface area contributed by atoms with Gasteiger partial charge in [0.05, 0.1) is 26.3 Å². The van der Waals surface area contributed by atoms with Crippen LogP contribution >= 0.6 is 0 Å². The van der Waals surface area contributed by atoms with E-state index in [1.807, 2.05) is 48.5 Å². The summed E-state index contributed by atoms with van der Waals surface area (Å²) >= 11 is 0. The highest BCUT2D eigenvalue weighted by atomic mass is 16.6. The molecule has 7 heteroatoms. The molecule has 0 saturated carbocycles. The Morgan fingerprint density at radius 3 is 1.61 bits per heavy atom. The Hall–Kier alpha value is -3.22. The van der Waals surface area contributed by atoms with E-state index in [1.54, 1.807) is 23.6 Å². The van der Waals surface area contributed by atoms with Crippen molar-refractivity contribution in [2.75, 3.05) is 26.3 Å². The molecule has 2 amide bonds. The lowest BCUT2D eigenvalue weighted by Crippen LogP contribution is -2.34. The van der Waals surface area contributed by atoms with Crippen molar-refractivity contribution in [1.82, 2.24) is 9.80 Å². The van der Waals surface area contributed by atoms with E-state index in [9.17, 15) is 9.59 Å². The Balaban J connectivity index is 1.95. The van der Waals surface area contributed by atoms with Crippen LogP contribution in [0.1, 0.15) is 37.8 Å². The van der Waals surface area contributed by atoms with E-state index in [0.717, 1.165) is 24.0 Å². The quantitative estimate of drug-likeness (QED) is 0.661. The summed E-state index contributed by atoms with van der Waals surface area (Å²) in [6.45, 7) is 6.05. The second-order valence-electron chi connectivity index (χ2n) is 7.27. The van der Waals surface area contributed by atoms with Gasteiger partial charge in [0, 0.05) is 24.2 Å². The largest absolute Gasteiger partial charge is 0.457 e. The molecule has 31 heavy (non-hydrogen) atoms. The van der Waals surface area contributed by atoms with E-state index in [0.29, 0.717) is 50.9 Å². The van der Waals surface area contributed by atoms with Crippen molar-refractivity contribution in [3.8, 4) is 11.5 Å². The topological polar surface area (TPSA) is 68.3 Å². The Labute approximate surface area is 183 Å². The molecule has 7 nitrogen and oxygen atoms in total. The van der Waals surface area contributed by atoms with Crippen LogP contribution in [0.5, 0.6) is 11.5 Å². The zero-order chi connectivity index (χ0) is 22.1. The lowest BCUT2D eigenvalue weighted by Gasteiger charge is -2.24. The first-order valence-electron chi connectivity index (χ1n) is 10.8. The predicted molar refractivity (Wildman–Crippen MR) is 117 cm³/mol. The summed E-state index contributed by atoms with van der Waals surface area (Å²) in [5, 5.41) is 0. The van der Waals surface area contributed by atoms with Gasteiger partial charge in [-0.1, -0.05) is 36.4 Å². The van der Waals surface area contributed by atoms with Crippen LogP contribution < -0.4 is 4.74 Å². The molecule has 0 N–H and O–H groups in total. The number of hydrogen-bond acceptors (Lipinski definition) is 5. The summed E-state index contributed by atoms with van der Waals surface area (Å²) < 4.78 is 16.8. The SMILES string of the molecule is CCOC(=O)N1CCCCN(C(=O)OCC)Cc2ccccc2Oc2ccccc2C1. The molecule has 166 valence electrons. The molecule has 3 rings (SSSR count). The van der Waals surface area contributed by atoms with Gasteiger partial charge in [-0.15, -0.1) is 0 Å². The van der Waals surface area contributed by atoms with Crippen molar-refractivity contribution in [2.45, 2.75) is 39.8 Å². The highest BCUT2D eigenvalue weighted by Crippen LogP contribution is 2.30. The smallest absolute Gasteiger partial charge is 0.410 e. The van der Waals surface area contributed by atoms with Crippen LogP contribution in [-0.4, -0.2) is 48.3 Å². The predicted octanol–water partition coefficient (Wildman–Crippen LogP) is 5.19. The fraction of sp³-hybridized carbons (Fsp3) is 0.417. The van der Waals surface area contributed by atoms with E-state index >= 15 is 0 Å². The van der Waals surface area contributed by atoms with Crippen molar-refractivity contribution in [3.63, 3.8) is 0 Å². The summed E-state index contributed by atoms with van der Waals surface area (Å²) in [5.74, 6) is 1.34. The molecule has 0 aromatic heterocycles. The molecular weight excluding hydrogens is 396 g/mol. The molecule has 0 spiro atoms. The summed E-state index contributed by atoms with van der Waals surface area (Å²) in [6, 6.07) is 15.3. The minimum atomic E-state index is -0.352. The molecule has 0 saturated heterocycles. The number of rotatable bonds is 2. The number of benzene rings is 2. The molecule has 0 bridgehead atoms. The summed E-state index contributed by atoms with van der Waals surface area (Å²) in [5.41, 5.74) is 1.79. The first-order valence-corrected chi connectivity index (χ1v) is 10.8. The molecule has 0 fully saturated rings. The fourth-order valence-corrected chi connectivity index (χ4v) is 3.50. The van der Waals surface area contributed by atoms with Gasteiger partial charge in [-0.05, 0) is 38.8 Å². The number of amides is 2. The molecule has 0 unspecified atom stereocenters. The second kappa shape index (κ2) is 11.2. The number of para-hydroxylation sites is 2. The van der Waals surface area contributed by atoms with Crippen LogP contribution in [0.25, 0.3) is 0 Å². The lowest BCUT2D eigenvalue weighted by atomic mass is 10.1. The highest BCUT2D eigenvalue weighted by Gasteiger charge is 2.21. The van der Waals surface area contributed by atoms with Gasteiger partial charge in [0.2, 0.25) is 0 Å². The van der Waals surface area contributed by atoms with Gasteiger partial charge in [0.25, 0.3) is 0 Å². The highest BCUT2D eigenvalue weighted by molar-refractivity contribution is 5.68. The molecule has 2 aromatic carbocycles. The van der Waals surface area contributed by atoms with Gasteiger partial charge in [-0.3, -0.25) is 0 Å². The van der Waals surface area contributed by atoms with E-state index in [2.05, 4.69) is 0 Å². The van der Waals surface area contributed by atoms with Crippen molar-refractivity contribution in [3.05, 3.63) is 59.7 Å². The van der Waals surface area contributed by atoms with Crippen LogP contribution in [0.2, 0.25) is 0 Å². The Morgan fingerprint density at radius 2 is 1.19 bits per heavy atom. The van der Waals surface area contributed by atoms with Gasteiger partial charge < -0.3 is 24.0 Å². The second-order valence-corrected chi connectivity index (χ2v) is 7.27. The Kier molecular flexibility index (Phi) is 8.15. The van der Waals surface area contributed by atoms with Crippen LogP contribution in [0.3, 0.4) is 0 Å². The third kappa shape index (κ3) is 6.13. The number of hydrogen-bond donors (Lipinski definition) is 0. The minimum Gasteiger partial charge on any atom is -0.457 e. The molecule has 1 aliphatic rings. The van der Waals surface area contributed by atoms with Gasteiger partial charge in [0.15, 0.2) is 0 Å². The van der Waals surface area contributed by atoms with Crippen LogP contribution in [0, 0.1) is 0 Å². The maximum atomic E-state index is 12.5. The molecule has 1 aliphatic heterocycles. The van der Waals surface area contributed by atoms with E-state index < -0.39 is 0 Å². The summed E-state index contributed by atoms with van der Waals surface area (Å²) in [6.07, 6.45) is 0.767. The number of carbonyl (C=O) groups excluding carboxylic acids is 2. The first-order chi connectivity index (χ1) is 15.1. The summed E-state index contributed by atoms with van der Waals surface area (Å²) in [7, 11) is 0. The molecule has 1 heterocycles. The zero-order valence-corrected chi connectivity index (χ0v) is 18.2. The lowest BCUT2D eigenvalue weighted by molar-refractivity contribution is 0.0976. The Morgan fingerprint density at radius 1 is 0.774 bits per heavy atom. The van der Waals surface area contributed by atoms with Crippen molar-refractivity contribution in [2.24, 2.45) is 0 Å². The van der Waals surface area contributed by atoms with Crippen LogP contribution in [-0.2, 0) is 22.6 Å². The molecule has 0 radical (unpaired) electrons. The molecule has 0 aliphatic carbocycles. The standard InChI is InChI=1S/C24H30N2O5/c1-3-29-23(27)25-15-9-10-16-26(24(28)30-4-2)18-20-12-6-8-14-22(20)31-21-13-7-5-11-19(21)17-25/h5-8,11-14H,3-4,9-10,15-18H2,1-2H3. The average molecular weight is 427 g/mol. The molecule has 0 atom stereocenters. The first kappa shape index (κ1) is 22.5. The Bertz CT molecular complexity index is 814. The third-order valence-corrected chi connectivity index (χ3v) is 5.05. The third-order valence-electron chi connectivity index (χ3n) is 5.05. The molecule has 2 aromatic rings. The van der Waals surface area contributed by atoms with Gasteiger partial charge >= 0.3 is 12.2 Å². The summed E-state index contributed by atoms with van der Waals surface area (Å²) in [4.78, 5) is 28.4. The minimum absolute atomic E-state index is 0.317. The zero-order valence-electron chi connectivity index (χ0n) is 18.2. The maximum Gasteiger partial charge on any atom is 0.410 e. The van der Waals surface area contributed by atoms with Gasteiger partial charge in [-0.2, -0.15) is 0 Å². The van der Waals surface area contributed by atoms with Crippen molar-refractivity contribution < 1.29 is 23.8 Å². The van der Waals surface area contributed by atoms with E-state index in [1.165, 1.54) is 0 Å².